The molecule has 0 amide bonds. The predicted molar refractivity (Wildman–Crippen MR) is 84.6 cm³/mol. The average molecular weight is 275 g/mol. The summed E-state index contributed by atoms with van der Waals surface area (Å²) in [6, 6.07) is 4.89. The van der Waals surface area contributed by atoms with Crippen LogP contribution in [0.25, 0.3) is 0 Å². The molecule has 1 heterocycles. The van der Waals surface area contributed by atoms with Crippen molar-refractivity contribution in [1.82, 2.24) is 15.2 Å². The second-order valence-corrected chi connectivity index (χ2v) is 6.91. The summed E-state index contributed by atoms with van der Waals surface area (Å²) in [6.07, 6.45) is 9.19. The fourth-order valence-corrected chi connectivity index (χ4v) is 3.00. The smallest absolute Gasteiger partial charge is 0.0312 e. The molecular formula is C17H29N3. The first-order valence-corrected chi connectivity index (χ1v) is 7.87. The van der Waals surface area contributed by atoms with Gasteiger partial charge >= 0.3 is 0 Å². The molecule has 1 aliphatic carbocycles. The van der Waals surface area contributed by atoms with Gasteiger partial charge in [0.05, 0.1) is 0 Å². The van der Waals surface area contributed by atoms with Crippen LogP contribution in [0, 0.1) is 5.41 Å². The van der Waals surface area contributed by atoms with Gasteiger partial charge in [-0.1, -0.05) is 19.9 Å². The number of nitrogens with one attached hydrogen (secondary N) is 1. The van der Waals surface area contributed by atoms with Crippen LogP contribution in [-0.2, 0) is 6.54 Å². The van der Waals surface area contributed by atoms with E-state index in [0.717, 1.165) is 25.7 Å². The minimum Gasteiger partial charge on any atom is -0.311 e. The van der Waals surface area contributed by atoms with Crippen LogP contribution in [0.15, 0.2) is 24.5 Å². The van der Waals surface area contributed by atoms with Crippen LogP contribution >= 0.6 is 0 Å². The van der Waals surface area contributed by atoms with E-state index >= 15 is 0 Å². The van der Waals surface area contributed by atoms with Crippen LogP contribution < -0.4 is 5.32 Å². The zero-order valence-electron chi connectivity index (χ0n) is 13.2. The Balaban J connectivity index is 1.62. The maximum absolute atomic E-state index is 4.14. The van der Waals surface area contributed by atoms with Gasteiger partial charge in [0, 0.05) is 38.1 Å². The van der Waals surface area contributed by atoms with Gasteiger partial charge in [-0.3, -0.25) is 4.98 Å². The highest BCUT2D eigenvalue weighted by Gasteiger charge is 2.28. The van der Waals surface area contributed by atoms with Crippen molar-refractivity contribution in [3.63, 3.8) is 0 Å². The van der Waals surface area contributed by atoms with Gasteiger partial charge in [-0.15, -0.1) is 0 Å². The van der Waals surface area contributed by atoms with Crippen LogP contribution in [0.3, 0.4) is 0 Å². The Labute approximate surface area is 123 Å². The van der Waals surface area contributed by atoms with Gasteiger partial charge in [0.25, 0.3) is 0 Å². The molecule has 0 bridgehead atoms. The van der Waals surface area contributed by atoms with E-state index in [4.69, 9.17) is 0 Å². The Bertz CT molecular complexity index is 378. The molecule has 2 rings (SSSR count). The van der Waals surface area contributed by atoms with E-state index in [9.17, 15) is 0 Å². The van der Waals surface area contributed by atoms with Crippen LogP contribution in [0.5, 0.6) is 0 Å². The number of nitrogens with zero attached hydrogens (tertiary/aromatic N) is 2. The standard InChI is InChI=1S/C17H29N3/c1-17(2)8-6-16(7-9-17)20(3)12-11-19-14-15-5-4-10-18-13-15/h4-5,10,13,16,19H,6-9,11-12,14H2,1-3H3. The van der Waals surface area contributed by atoms with E-state index < -0.39 is 0 Å². The highest BCUT2D eigenvalue weighted by molar-refractivity contribution is 5.07. The number of pyridine rings is 1. The summed E-state index contributed by atoms with van der Waals surface area (Å²) >= 11 is 0. The quantitative estimate of drug-likeness (QED) is 0.809. The lowest BCUT2D eigenvalue weighted by molar-refractivity contribution is 0.128. The minimum atomic E-state index is 0.565. The van der Waals surface area contributed by atoms with Crippen LogP contribution in [-0.4, -0.2) is 36.1 Å². The summed E-state index contributed by atoms with van der Waals surface area (Å²) in [5, 5.41) is 3.51. The van der Waals surface area contributed by atoms with Crippen molar-refractivity contribution in [1.29, 1.82) is 0 Å². The Morgan fingerprint density at radius 3 is 2.75 bits per heavy atom. The Kier molecular flexibility index (Phi) is 5.55. The fraction of sp³-hybridized carbons (Fsp3) is 0.706. The highest BCUT2D eigenvalue weighted by Crippen LogP contribution is 2.36. The van der Waals surface area contributed by atoms with E-state index in [-0.39, 0.29) is 0 Å². The maximum Gasteiger partial charge on any atom is 0.0312 e. The zero-order chi connectivity index (χ0) is 14.4. The largest absolute Gasteiger partial charge is 0.311 e. The van der Waals surface area contributed by atoms with Gasteiger partial charge < -0.3 is 10.2 Å². The third-order valence-corrected chi connectivity index (χ3v) is 4.63. The monoisotopic (exact) mass is 275 g/mol. The molecule has 1 aromatic heterocycles. The molecular weight excluding hydrogens is 246 g/mol. The van der Waals surface area contributed by atoms with Gasteiger partial charge in [0.15, 0.2) is 0 Å². The number of rotatable bonds is 6. The third kappa shape index (κ3) is 4.88. The third-order valence-electron chi connectivity index (χ3n) is 4.63. The van der Waals surface area contributed by atoms with Gasteiger partial charge in [0.2, 0.25) is 0 Å². The van der Waals surface area contributed by atoms with E-state index in [2.05, 4.69) is 42.2 Å². The highest BCUT2D eigenvalue weighted by atomic mass is 15.1. The molecule has 3 nitrogen and oxygen atoms in total. The Morgan fingerprint density at radius 1 is 1.35 bits per heavy atom. The second-order valence-electron chi connectivity index (χ2n) is 6.91. The topological polar surface area (TPSA) is 28.2 Å². The number of hydrogen-bond donors (Lipinski definition) is 1. The van der Waals surface area contributed by atoms with E-state index in [1.54, 1.807) is 0 Å². The van der Waals surface area contributed by atoms with Gasteiger partial charge in [-0.25, -0.2) is 0 Å². The molecule has 0 unspecified atom stereocenters. The van der Waals surface area contributed by atoms with Gasteiger partial charge in [-0.2, -0.15) is 0 Å². The van der Waals surface area contributed by atoms with Gasteiger partial charge in [-0.05, 0) is 49.8 Å². The van der Waals surface area contributed by atoms with Crippen molar-refractivity contribution in [2.75, 3.05) is 20.1 Å². The SMILES string of the molecule is CN(CCNCc1cccnc1)C1CCC(C)(C)CC1. The van der Waals surface area contributed by atoms with E-state index in [1.165, 1.54) is 31.2 Å². The van der Waals surface area contributed by atoms with Crippen molar-refractivity contribution in [3.05, 3.63) is 30.1 Å². The molecule has 112 valence electrons. The zero-order valence-corrected chi connectivity index (χ0v) is 13.2. The van der Waals surface area contributed by atoms with Gasteiger partial charge in [0.1, 0.15) is 0 Å². The molecule has 20 heavy (non-hydrogen) atoms. The predicted octanol–water partition coefficient (Wildman–Crippen LogP) is 3.07. The first kappa shape index (κ1) is 15.5. The lowest BCUT2D eigenvalue weighted by atomic mass is 9.75. The minimum absolute atomic E-state index is 0.565. The summed E-state index contributed by atoms with van der Waals surface area (Å²) in [7, 11) is 2.27. The van der Waals surface area contributed by atoms with Crippen LogP contribution in [0.2, 0.25) is 0 Å². The molecule has 0 spiro atoms. The molecule has 0 saturated heterocycles. The number of aromatic nitrogens is 1. The molecule has 3 heteroatoms. The van der Waals surface area contributed by atoms with Crippen LogP contribution in [0.4, 0.5) is 0 Å². The van der Waals surface area contributed by atoms with Crippen molar-refractivity contribution in [3.8, 4) is 0 Å². The molecule has 1 saturated carbocycles. The summed E-state index contributed by atoms with van der Waals surface area (Å²) in [4.78, 5) is 6.67. The first-order valence-electron chi connectivity index (χ1n) is 7.87. The Morgan fingerprint density at radius 2 is 2.10 bits per heavy atom. The lowest BCUT2D eigenvalue weighted by Crippen LogP contribution is -2.40. The lowest BCUT2D eigenvalue weighted by Gasteiger charge is -2.38. The maximum atomic E-state index is 4.14. The summed E-state index contributed by atoms with van der Waals surface area (Å²) in [5.41, 5.74) is 1.82. The molecule has 1 N–H and O–H groups in total. The van der Waals surface area contributed by atoms with Crippen molar-refractivity contribution < 1.29 is 0 Å². The van der Waals surface area contributed by atoms with Crippen molar-refractivity contribution in [2.45, 2.75) is 52.1 Å². The molecule has 0 atom stereocenters. The second kappa shape index (κ2) is 7.19. The molecule has 0 radical (unpaired) electrons. The van der Waals surface area contributed by atoms with E-state index in [0.29, 0.717) is 5.41 Å². The summed E-state index contributed by atoms with van der Waals surface area (Å²) in [6.45, 7) is 7.90. The fourth-order valence-electron chi connectivity index (χ4n) is 3.00. The molecule has 1 aliphatic rings. The number of hydrogen-bond acceptors (Lipinski definition) is 3. The molecule has 0 aliphatic heterocycles. The Hall–Kier alpha value is -0.930. The average Bonchev–Trinajstić information content (AvgIpc) is 2.44. The van der Waals surface area contributed by atoms with Crippen molar-refractivity contribution >= 4 is 0 Å². The van der Waals surface area contributed by atoms with Crippen molar-refractivity contribution in [2.24, 2.45) is 5.41 Å². The van der Waals surface area contributed by atoms with Crippen LogP contribution in [0.1, 0.15) is 45.1 Å². The summed E-state index contributed by atoms with van der Waals surface area (Å²) in [5.74, 6) is 0. The molecule has 0 aromatic carbocycles. The number of likely N-dealkylation sites (N-methyl/N-ethyl adjacent to an activating group) is 1. The molecule has 1 fully saturated rings. The summed E-state index contributed by atoms with van der Waals surface area (Å²) < 4.78 is 0. The molecule has 1 aromatic rings. The normalized spacial score (nSPS) is 19.4. The van der Waals surface area contributed by atoms with E-state index in [1.807, 2.05) is 18.5 Å². The first-order chi connectivity index (χ1) is 9.57.